The van der Waals surface area contributed by atoms with Gasteiger partial charge in [0.25, 0.3) is 5.91 Å². The number of likely N-dealkylation sites (tertiary alicyclic amines) is 1. The number of halogens is 1. The number of nitrogens with zero attached hydrogens (tertiary/aromatic N) is 3. The third-order valence-corrected chi connectivity index (χ3v) is 8.24. The molecule has 2 aromatic rings. The zero-order valence-electron chi connectivity index (χ0n) is 19.9. The number of piperidine rings is 1. The van der Waals surface area contributed by atoms with Gasteiger partial charge < -0.3 is 4.90 Å². The standard InChI is InChI=1S/C27H36IN3O/c1-19-6-5-7-20(2)26(19)27(32)29-14-12-25(13-15-29)30-16-17-31(21(3)18-30)22(4)23-8-10-24(28)11-9-23/h5-11,21-22,25H,12-18H2,1-4H3/t21-,22+/m1/s1. The zero-order chi connectivity index (χ0) is 22.8. The first kappa shape index (κ1) is 23.7. The second kappa shape index (κ2) is 10.2. The summed E-state index contributed by atoms with van der Waals surface area (Å²) in [5.74, 6) is 0.212. The molecule has 2 fully saturated rings. The van der Waals surface area contributed by atoms with Crippen LogP contribution in [0.3, 0.4) is 0 Å². The summed E-state index contributed by atoms with van der Waals surface area (Å²) in [4.78, 5) is 20.6. The Morgan fingerprint density at radius 2 is 1.59 bits per heavy atom. The van der Waals surface area contributed by atoms with Crippen molar-refractivity contribution in [3.05, 3.63) is 68.3 Å². The highest BCUT2D eigenvalue weighted by Gasteiger charge is 2.34. The summed E-state index contributed by atoms with van der Waals surface area (Å²) in [6.45, 7) is 13.9. The van der Waals surface area contributed by atoms with Gasteiger partial charge in [0.2, 0.25) is 0 Å². The van der Waals surface area contributed by atoms with E-state index in [9.17, 15) is 4.79 Å². The lowest BCUT2D eigenvalue weighted by Gasteiger charge is -2.47. The molecule has 2 aromatic carbocycles. The maximum atomic E-state index is 13.2. The van der Waals surface area contributed by atoms with Gasteiger partial charge in [0.15, 0.2) is 0 Å². The first-order chi connectivity index (χ1) is 15.3. The number of hydrogen-bond acceptors (Lipinski definition) is 3. The summed E-state index contributed by atoms with van der Waals surface area (Å²) in [6.07, 6.45) is 2.16. The van der Waals surface area contributed by atoms with Crippen molar-refractivity contribution in [3.63, 3.8) is 0 Å². The van der Waals surface area contributed by atoms with Crippen LogP contribution in [-0.4, -0.2) is 65.4 Å². The number of carbonyl (C=O) groups is 1. The van der Waals surface area contributed by atoms with Gasteiger partial charge in [-0.2, -0.15) is 0 Å². The molecule has 0 bridgehead atoms. The minimum absolute atomic E-state index is 0.212. The van der Waals surface area contributed by atoms with Crippen LogP contribution in [0.1, 0.15) is 59.8 Å². The summed E-state index contributed by atoms with van der Waals surface area (Å²) in [5.41, 5.74) is 4.48. The van der Waals surface area contributed by atoms with Gasteiger partial charge in [-0.05, 0) is 92.0 Å². The number of benzene rings is 2. The molecule has 5 heteroatoms. The van der Waals surface area contributed by atoms with Gasteiger partial charge in [0.05, 0.1) is 0 Å². The average Bonchev–Trinajstić information content (AvgIpc) is 2.79. The van der Waals surface area contributed by atoms with Gasteiger partial charge in [0, 0.05) is 60.0 Å². The van der Waals surface area contributed by atoms with Crippen LogP contribution in [-0.2, 0) is 0 Å². The quantitative estimate of drug-likeness (QED) is 0.490. The molecule has 2 saturated heterocycles. The van der Waals surface area contributed by atoms with E-state index in [0.29, 0.717) is 18.1 Å². The van der Waals surface area contributed by atoms with E-state index in [0.717, 1.165) is 62.3 Å². The Morgan fingerprint density at radius 3 is 2.19 bits per heavy atom. The fourth-order valence-electron chi connectivity index (χ4n) is 5.58. The molecule has 1 amide bonds. The lowest BCUT2D eigenvalue weighted by molar-refractivity contribution is 0.0135. The molecular formula is C27H36IN3O. The number of carbonyl (C=O) groups excluding carboxylic acids is 1. The van der Waals surface area contributed by atoms with Crippen LogP contribution in [0.2, 0.25) is 0 Å². The summed E-state index contributed by atoms with van der Waals surface area (Å²) < 4.78 is 1.29. The highest BCUT2D eigenvalue weighted by molar-refractivity contribution is 14.1. The van der Waals surface area contributed by atoms with Crippen molar-refractivity contribution in [2.45, 2.75) is 58.7 Å². The number of piperazine rings is 1. The molecule has 0 radical (unpaired) electrons. The van der Waals surface area contributed by atoms with Gasteiger partial charge in [0.1, 0.15) is 0 Å². The van der Waals surface area contributed by atoms with Crippen molar-refractivity contribution in [3.8, 4) is 0 Å². The van der Waals surface area contributed by atoms with Crippen LogP contribution in [0, 0.1) is 17.4 Å². The molecule has 0 N–H and O–H groups in total. The Bertz CT molecular complexity index is 916. The highest BCUT2D eigenvalue weighted by Crippen LogP contribution is 2.28. The van der Waals surface area contributed by atoms with E-state index in [-0.39, 0.29) is 5.91 Å². The number of hydrogen-bond donors (Lipinski definition) is 0. The third-order valence-electron chi connectivity index (χ3n) is 7.52. The van der Waals surface area contributed by atoms with E-state index in [2.05, 4.69) is 75.4 Å². The fourth-order valence-corrected chi connectivity index (χ4v) is 5.94. The molecule has 2 heterocycles. The second-order valence-electron chi connectivity index (χ2n) is 9.60. The second-order valence-corrected chi connectivity index (χ2v) is 10.8. The van der Waals surface area contributed by atoms with Gasteiger partial charge in [-0.25, -0.2) is 0 Å². The lowest BCUT2D eigenvalue weighted by atomic mass is 9.97. The van der Waals surface area contributed by atoms with Crippen LogP contribution in [0.25, 0.3) is 0 Å². The SMILES string of the molecule is Cc1cccc(C)c1C(=O)N1CCC(N2CCN([C@@H](C)c3ccc(I)cc3)[C@H](C)C2)CC1. The fraction of sp³-hybridized carbons (Fsp3) is 0.519. The minimum atomic E-state index is 0.212. The topological polar surface area (TPSA) is 26.8 Å². The zero-order valence-corrected chi connectivity index (χ0v) is 22.0. The predicted octanol–water partition coefficient (Wildman–Crippen LogP) is 5.28. The average molecular weight is 546 g/mol. The van der Waals surface area contributed by atoms with Crippen molar-refractivity contribution < 1.29 is 4.79 Å². The molecule has 0 unspecified atom stereocenters. The van der Waals surface area contributed by atoms with E-state index >= 15 is 0 Å². The van der Waals surface area contributed by atoms with E-state index in [1.54, 1.807) is 0 Å². The smallest absolute Gasteiger partial charge is 0.254 e. The summed E-state index contributed by atoms with van der Waals surface area (Å²) >= 11 is 2.37. The molecule has 0 spiro atoms. The number of amides is 1. The van der Waals surface area contributed by atoms with E-state index in [1.807, 2.05) is 32.0 Å². The van der Waals surface area contributed by atoms with Crippen molar-refractivity contribution >= 4 is 28.5 Å². The first-order valence-corrected chi connectivity index (χ1v) is 13.0. The summed E-state index contributed by atoms with van der Waals surface area (Å²) in [7, 11) is 0. The number of rotatable bonds is 4. The van der Waals surface area contributed by atoms with Crippen molar-refractivity contribution in [1.29, 1.82) is 0 Å². The van der Waals surface area contributed by atoms with Crippen LogP contribution in [0.5, 0.6) is 0 Å². The molecule has 0 aliphatic carbocycles. The van der Waals surface area contributed by atoms with Gasteiger partial charge >= 0.3 is 0 Å². The monoisotopic (exact) mass is 545 g/mol. The molecule has 0 saturated carbocycles. The van der Waals surface area contributed by atoms with E-state index in [4.69, 9.17) is 0 Å². The molecule has 2 aliphatic rings. The largest absolute Gasteiger partial charge is 0.339 e. The summed E-state index contributed by atoms with van der Waals surface area (Å²) in [6, 6.07) is 16.7. The number of aryl methyl sites for hydroxylation is 2. The maximum Gasteiger partial charge on any atom is 0.254 e. The molecule has 32 heavy (non-hydrogen) atoms. The van der Waals surface area contributed by atoms with Gasteiger partial charge in [-0.3, -0.25) is 14.6 Å². The molecule has 0 aromatic heterocycles. The van der Waals surface area contributed by atoms with E-state index < -0.39 is 0 Å². The Morgan fingerprint density at radius 1 is 0.969 bits per heavy atom. The molecular weight excluding hydrogens is 509 g/mol. The molecule has 2 aliphatic heterocycles. The molecule has 2 atom stereocenters. The van der Waals surface area contributed by atoms with E-state index in [1.165, 1.54) is 9.13 Å². The molecule has 4 rings (SSSR count). The van der Waals surface area contributed by atoms with Crippen molar-refractivity contribution in [2.24, 2.45) is 0 Å². The summed E-state index contributed by atoms with van der Waals surface area (Å²) in [5, 5.41) is 0. The molecule has 172 valence electrons. The highest BCUT2D eigenvalue weighted by atomic mass is 127. The van der Waals surface area contributed by atoms with Crippen molar-refractivity contribution in [2.75, 3.05) is 32.7 Å². The minimum Gasteiger partial charge on any atom is -0.339 e. The Kier molecular flexibility index (Phi) is 7.58. The normalized spacial score (nSPS) is 22.2. The Labute approximate surface area is 207 Å². The maximum absolute atomic E-state index is 13.2. The third kappa shape index (κ3) is 5.05. The van der Waals surface area contributed by atoms with Crippen molar-refractivity contribution in [1.82, 2.24) is 14.7 Å². The van der Waals surface area contributed by atoms with Gasteiger partial charge in [-0.1, -0.05) is 30.3 Å². The van der Waals surface area contributed by atoms with Crippen LogP contribution in [0.4, 0.5) is 0 Å². The van der Waals surface area contributed by atoms with Crippen LogP contribution < -0.4 is 0 Å². The lowest BCUT2D eigenvalue weighted by Crippen LogP contribution is -2.57. The first-order valence-electron chi connectivity index (χ1n) is 12.0. The Balaban J connectivity index is 1.32. The predicted molar refractivity (Wildman–Crippen MR) is 140 cm³/mol. The Hall–Kier alpha value is -1.44. The van der Waals surface area contributed by atoms with Crippen LogP contribution >= 0.6 is 22.6 Å². The molecule has 4 nitrogen and oxygen atoms in total. The van der Waals surface area contributed by atoms with Gasteiger partial charge in [-0.15, -0.1) is 0 Å². The van der Waals surface area contributed by atoms with Crippen LogP contribution in [0.15, 0.2) is 42.5 Å².